The van der Waals surface area contributed by atoms with Crippen molar-refractivity contribution in [1.29, 1.82) is 0 Å². The molecule has 0 bridgehead atoms. The number of imidazole rings is 1. The second kappa shape index (κ2) is 4.88. The predicted octanol–water partition coefficient (Wildman–Crippen LogP) is 1.97. The molecule has 1 aliphatic rings. The fourth-order valence-corrected chi connectivity index (χ4v) is 2.40. The third-order valence-corrected chi connectivity index (χ3v) is 3.41. The lowest BCUT2D eigenvalue weighted by Gasteiger charge is -2.21. The zero-order valence-corrected chi connectivity index (χ0v) is 10.0. The van der Waals surface area contributed by atoms with Gasteiger partial charge in [-0.25, -0.2) is 9.97 Å². The van der Waals surface area contributed by atoms with Crippen LogP contribution in [0.1, 0.15) is 32.1 Å². The van der Waals surface area contributed by atoms with Crippen LogP contribution in [0, 0.1) is 12.0 Å². The van der Waals surface area contributed by atoms with Gasteiger partial charge in [-0.3, -0.25) is 0 Å². The normalized spacial score (nSPS) is 17.2. The summed E-state index contributed by atoms with van der Waals surface area (Å²) < 4.78 is 14.4. The van der Waals surface area contributed by atoms with Gasteiger partial charge in [-0.2, -0.15) is 14.1 Å². The summed E-state index contributed by atoms with van der Waals surface area (Å²) in [4.78, 5) is 16.9. The van der Waals surface area contributed by atoms with Crippen LogP contribution in [0.15, 0.2) is 12.5 Å². The molecule has 0 radical (unpaired) electrons. The van der Waals surface area contributed by atoms with Crippen molar-refractivity contribution in [3.63, 3.8) is 0 Å². The SMILES string of the molecule is Fc1ncc2ncn(OCC3CCCCC3)c2n1. The summed E-state index contributed by atoms with van der Waals surface area (Å²) in [6, 6.07) is 0. The second-order valence-electron chi connectivity index (χ2n) is 4.72. The average molecular weight is 250 g/mol. The van der Waals surface area contributed by atoms with Gasteiger partial charge in [0, 0.05) is 0 Å². The quantitative estimate of drug-likeness (QED) is 0.781. The van der Waals surface area contributed by atoms with Gasteiger partial charge in [-0.05, 0) is 18.8 Å². The molecule has 2 heterocycles. The van der Waals surface area contributed by atoms with E-state index >= 15 is 0 Å². The molecule has 0 amide bonds. The Bertz CT molecular complexity index is 536. The largest absolute Gasteiger partial charge is 0.411 e. The molecule has 0 spiro atoms. The van der Waals surface area contributed by atoms with E-state index in [0.717, 1.165) is 0 Å². The van der Waals surface area contributed by atoms with Crippen LogP contribution < -0.4 is 4.84 Å². The molecule has 96 valence electrons. The zero-order valence-electron chi connectivity index (χ0n) is 10.0. The molecule has 6 heteroatoms. The van der Waals surface area contributed by atoms with E-state index in [1.807, 2.05) is 0 Å². The molecule has 2 aromatic heterocycles. The molecule has 0 unspecified atom stereocenters. The minimum atomic E-state index is -0.759. The first-order chi connectivity index (χ1) is 8.83. The Morgan fingerprint density at radius 2 is 2.11 bits per heavy atom. The molecular formula is C12H15FN4O. The maximum atomic E-state index is 13.0. The van der Waals surface area contributed by atoms with E-state index in [2.05, 4.69) is 15.0 Å². The number of rotatable bonds is 3. The highest BCUT2D eigenvalue weighted by Gasteiger charge is 2.15. The summed E-state index contributed by atoms with van der Waals surface area (Å²) in [5, 5.41) is 0. The first kappa shape index (κ1) is 11.4. The lowest BCUT2D eigenvalue weighted by molar-refractivity contribution is 0.0738. The van der Waals surface area contributed by atoms with Gasteiger partial charge in [-0.1, -0.05) is 19.3 Å². The molecule has 3 rings (SSSR count). The van der Waals surface area contributed by atoms with Crippen molar-refractivity contribution >= 4 is 11.2 Å². The van der Waals surface area contributed by atoms with E-state index in [9.17, 15) is 4.39 Å². The van der Waals surface area contributed by atoms with E-state index in [0.29, 0.717) is 23.7 Å². The molecule has 0 saturated heterocycles. The number of halogens is 1. The van der Waals surface area contributed by atoms with E-state index in [1.165, 1.54) is 49.4 Å². The topological polar surface area (TPSA) is 52.8 Å². The summed E-state index contributed by atoms with van der Waals surface area (Å²) >= 11 is 0. The van der Waals surface area contributed by atoms with Crippen molar-refractivity contribution in [3.05, 3.63) is 18.6 Å². The maximum Gasteiger partial charge on any atom is 0.310 e. The Balaban J connectivity index is 1.72. The van der Waals surface area contributed by atoms with Crippen molar-refractivity contribution in [3.8, 4) is 0 Å². The van der Waals surface area contributed by atoms with Gasteiger partial charge in [0.2, 0.25) is 5.65 Å². The third kappa shape index (κ3) is 2.27. The standard InChI is InChI=1S/C12H15FN4O/c13-12-14-6-10-11(16-12)17(8-15-10)18-7-9-4-2-1-3-5-9/h6,8-9H,1-5,7H2. The molecule has 0 aromatic carbocycles. The number of aromatic nitrogens is 4. The van der Waals surface area contributed by atoms with E-state index < -0.39 is 6.08 Å². The molecule has 0 atom stereocenters. The van der Waals surface area contributed by atoms with Crippen LogP contribution in [-0.4, -0.2) is 26.3 Å². The van der Waals surface area contributed by atoms with Gasteiger partial charge in [0.25, 0.3) is 0 Å². The molecule has 2 aromatic rings. The van der Waals surface area contributed by atoms with Crippen LogP contribution >= 0.6 is 0 Å². The Labute approximate surface area is 104 Å². The van der Waals surface area contributed by atoms with Crippen LogP contribution in [0.25, 0.3) is 11.2 Å². The van der Waals surface area contributed by atoms with Gasteiger partial charge in [0.1, 0.15) is 18.5 Å². The smallest absolute Gasteiger partial charge is 0.310 e. The molecule has 1 saturated carbocycles. The summed E-state index contributed by atoms with van der Waals surface area (Å²) in [5.41, 5.74) is 0.929. The molecular weight excluding hydrogens is 235 g/mol. The van der Waals surface area contributed by atoms with Crippen molar-refractivity contribution in [2.75, 3.05) is 6.61 Å². The number of hydrogen-bond donors (Lipinski definition) is 0. The second-order valence-corrected chi connectivity index (χ2v) is 4.72. The summed E-state index contributed by atoms with van der Waals surface area (Å²) in [7, 11) is 0. The predicted molar refractivity (Wildman–Crippen MR) is 63.3 cm³/mol. The lowest BCUT2D eigenvalue weighted by atomic mass is 9.90. The summed E-state index contributed by atoms with van der Waals surface area (Å²) in [5.74, 6) is 0.586. The monoisotopic (exact) mass is 250 g/mol. The molecule has 1 aliphatic carbocycles. The van der Waals surface area contributed by atoms with Crippen LogP contribution in [0.3, 0.4) is 0 Å². The first-order valence-corrected chi connectivity index (χ1v) is 6.32. The molecule has 18 heavy (non-hydrogen) atoms. The van der Waals surface area contributed by atoms with Gasteiger partial charge >= 0.3 is 6.08 Å². The molecule has 0 N–H and O–H groups in total. The third-order valence-electron chi connectivity index (χ3n) is 3.41. The average Bonchev–Trinajstić information content (AvgIpc) is 2.80. The number of nitrogens with zero attached hydrogens (tertiary/aromatic N) is 4. The van der Waals surface area contributed by atoms with Crippen LogP contribution in [0.5, 0.6) is 0 Å². The zero-order chi connectivity index (χ0) is 12.4. The molecule has 5 nitrogen and oxygen atoms in total. The highest BCUT2D eigenvalue weighted by molar-refractivity contribution is 5.68. The van der Waals surface area contributed by atoms with Crippen molar-refractivity contribution in [2.45, 2.75) is 32.1 Å². The Hall–Kier alpha value is -1.72. The lowest BCUT2D eigenvalue weighted by Crippen LogP contribution is -2.21. The summed E-state index contributed by atoms with van der Waals surface area (Å²) in [6.45, 7) is 0.636. The number of fused-ring (bicyclic) bond motifs is 1. The minimum absolute atomic E-state index is 0.387. The fraction of sp³-hybridized carbons (Fsp3) is 0.583. The van der Waals surface area contributed by atoms with Crippen molar-refractivity contribution < 1.29 is 9.23 Å². The fourth-order valence-electron chi connectivity index (χ4n) is 2.40. The van der Waals surface area contributed by atoms with Crippen molar-refractivity contribution in [1.82, 2.24) is 19.7 Å². The van der Waals surface area contributed by atoms with Crippen molar-refractivity contribution in [2.24, 2.45) is 5.92 Å². The van der Waals surface area contributed by atoms with Gasteiger partial charge < -0.3 is 4.84 Å². The Kier molecular flexibility index (Phi) is 3.08. The van der Waals surface area contributed by atoms with Crippen LogP contribution in [-0.2, 0) is 0 Å². The molecule has 1 fully saturated rings. The maximum absolute atomic E-state index is 13.0. The summed E-state index contributed by atoms with van der Waals surface area (Å²) in [6.07, 6.45) is 8.39. The minimum Gasteiger partial charge on any atom is -0.411 e. The highest BCUT2D eigenvalue weighted by atomic mass is 19.1. The number of hydrogen-bond acceptors (Lipinski definition) is 4. The van der Waals surface area contributed by atoms with Gasteiger partial charge in [0.05, 0.1) is 6.20 Å². The van der Waals surface area contributed by atoms with E-state index in [4.69, 9.17) is 4.84 Å². The Morgan fingerprint density at radius 1 is 1.28 bits per heavy atom. The van der Waals surface area contributed by atoms with Gasteiger partial charge in [0.15, 0.2) is 0 Å². The van der Waals surface area contributed by atoms with Crippen LogP contribution in [0.2, 0.25) is 0 Å². The molecule has 0 aliphatic heterocycles. The van der Waals surface area contributed by atoms with Gasteiger partial charge in [-0.15, -0.1) is 0 Å². The Morgan fingerprint density at radius 3 is 2.94 bits per heavy atom. The van der Waals surface area contributed by atoms with E-state index in [-0.39, 0.29) is 0 Å². The highest BCUT2D eigenvalue weighted by Crippen LogP contribution is 2.23. The first-order valence-electron chi connectivity index (χ1n) is 6.32. The van der Waals surface area contributed by atoms with Crippen LogP contribution in [0.4, 0.5) is 4.39 Å². The van der Waals surface area contributed by atoms with E-state index in [1.54, 1.807) is 0 Å².